The summed E-state index contributed by atoms with van der Waals surface area (Å²) in [6.45, 7) is 7.96. The van der Waals surface area contributed by atoms with Crippen LogP contribution in [0.3, 0.4) is 0 Å². The Morgan fingerprint density at radius 2 is 1.96 bits per heavy atom. The van der Waals surface area contributed by atoms with Gasteiger partial charge in [0.05, 0.1) is 11.2 Å². The van der Waals surface area contributed by atoms with E-state index < -0.39 is 11.7 Å². The Kier molecular flexibility index (Phi) is 4.49. The predicted molar refractivity (Wildman–Crippen MR) is 98.9 cm³/mol. The number of amides is 1. The molecule has 5 heteroatoms. The minimum Gasteiger partial charge on any atom is -0.444 e. The summed E-state index contributed by atoms with van der Waals surface area (Å²) in [6, 6.07) is 14.1. The molecule has 3 rings (SSSR count). The minimum absolute atomic E-state index is 0.375. The van der Waals surface area contributed by atoms with Crippen LogP contribution in [0.1, 0.15) is 31.9 Å². The molecule has 5 nitrogen and oxygen atoms in total. The number of para-hydroxylation sites is 1. The molecule has 0 aliphatic rings. The molecule has 0 saturated carbocycles. The van der Waals surface area contributed by atoms with Crippen molar-refractivity contribution in [3.8, 4) is 5.69 Å². The van der Waals surface area contributed by atoms with E-state index in [1.807, 2.05) is 55.9 Å². The Morgan fingerprint density at radius 1 is 1.20 bits per heavy atom. The fraction of sp³-hybridized carbons (Fsp3) is 0.300. The monoisotopic (exact) mass is 337 g/mol. The first-order valence-corrected chi connectivity index (χ1v) is 8.33. The lowest BCUT2D eigenvalue weighted by Gasteiger charge is -2.20. The summed E-state index contributed by atoms with van der Waals surface area (Å²) in [4.78, 5) is 11.9. The maximum Gasteiger partial charge on any atom is 0.407 e. The lowest BCUT2D eigenvalue weighted by molar-refractivity contribution is 0.0523. The number of nitrogens with one attached hydrogen (secondary N) is 1. The molecular formula is C20H23N3O2. The van der Waals surface area contributed by atoms with E-state index in [4.69, 9.17) is 4.74 Å². The molecule has 0 spiro atoms. The summed E-state index contributed by atoms with van der Waals surface area (Å²) in [5, 5.41) is 8.55. The van der Waals surface area contributed by atoms with Crippen LogP contribution in [0.5, 0.6) is 0 Å². The Hall–Kier alpha value is -2.82. The van der Waals surface area contributed by atoms with Crippen molar-refractivity contribution >= 4 is 17.0 Å². The molecule has 1 aromatic heterocycles. The third kappa shape index (κ3) is 4.18. The molecule has 3 aromatic rings. The fourth-order valence-electron chi connectivity index (χ4n) is 2.61. The van der Waals surface area contributed by atoms with E-state index in [0.29, 0.717) is 6.54 Å². The van der Waals surface area contributed by atoms with Gasteiger partial charge in [-0.2, -0.15) is 5.10 Å². The zero-order chi connectivity index (χ0) is 18.0. The van der Waals surface area contributed by atoms with Crippen molar-refractivity contribution in [3.63, 3.8) is 0 Å². The second kappa shape index (κ2) is 6.59. The van der Waals surface area contributed by atoms with Crippen molar-refractivity contribution in [3.05, 3.63) is 59.8 Å². The van der Waals surface area contributed by atoms with Gasteiger partial charge in [0.2, 0.25) is 0 Å². The second-order valence-electron chi connectivity index (χ2n) is 7.12. The van der Waals surface area contributed by atoms with E-state index in [2.05, 4.69) is 35.5 Å². The van der Waals surface area contributed by atoms with Gasteiger partial charge in [-0.15, -0.1) is 0 Å². The SMILES string of the molecule is Cc1ccc2cn(-c3ccccc3CNC(=O)OC(C)(C)C)nc2c1. The number of aromatic nitrogens is 2. The van der Waals surface area contributed by atoms with Gasteiger partial charge in [0.25, 0.3) is 0 Å². The standard InChI is InChI=1S/C20H23N3O2/c1-14-9-10-16-13-23(22-17(16)11-14)18-8-6-5-7-15(18)12-21-19(24)25-20(2,3)4/h5-11,13H,12H2,1-4H3,(H,21,24). The van der Waals surface area contributed by atoms with Gasteiger partial charge < -0.3 is 10.1 Å². The molecule has 0 bridgehead atoms. The lowest BCUT2D eigenvalue weighted by atomic mass is 10.1. The smallest absolute Gasteiger partial charge is 0.407 e. The number of hydrogen-bond acceptors (Lipinski definition) is 3. The Bertz CT molecular complexity index is 907. The first-order chi connectivity index (χ1) is 11.8. The van der Waals surface area contributed by atoms with Crippen LogP contribution in [0.2, 0.25) is 0 Å². The molecule has 0 radical (unpaired) electrons. The number of hydrogen-bond donors (Lipinski definition) is 1. The molecule has 25 heavy (non-hydrogen) atoms. The molecule has 1 heterocycles. The molecule has 1 amide bonds. The van der Waals surface area contributed by atoms with Gasteiger partial charge >= 0.3 is 6.09 Å². The average Bonchev–Trinajstić information content (AvgIpc) is 2.94. The highest BCUT2D eigenvalue weighted by Crippen LogP contribution is 2.20. The van der Waals surface area contributed by atoms with Gasteiger partial charge in [0.1, 0.15) is 5.60 Å². The summed E-state index contributed by atoms with van der Waals surface area (Å²) >= 11 is 0. The van der Waals surface area contributed by atoms with E-state index in [-0.39, 0.29) is 0 Å². The van der Waals surface area contributed by atoms with Crippen LogP contribution in [-0.4, -0.2) is 21.5 Å². The highest BCUT2D eigenvalue weighted by atomic mass is 16.6. The Labute approximate surface area is 147 Å². The number of benzene rings is 2. The van der Waals surface area contributed by atoms with Crippen LogP contribution in [0.4, 0.5) is 4.79 Å². The van der Waals surface area contributed by atoms with Gasteiger partial charge in [-0.3, -0.25) is 0 Å². The molecule has 0 aliphatic carbocycles. The van der Waals surface area contributed by atoms with Crippen LogP contribution in [0.15, 0.2) is 48.7 Å². The highest BCUT2D eigenvalue weighted by molar-refractivity contribution is 5.79. The summed E-state index contributed by atoms with van der Waals surface area (Å²) in [5.74, 6) is 0. The number of carbonyl (C=O) groups is 1. The molecule has 0 saturated heterocycles. The molecule has 0 unspecified atom stereocenters. The predicted octanol–water partition coefficient (Wildman–Crippen LogP) is 4.36. The number of ether oxygens (including phenoxy) is 1. The first-order valence-electron chi connectivity index (χ1n) is 8.33. The van der Waals surface area contributed by atoms with Crippen LogP contribution >= 0.6 is 0 Å². The van der Waals surface area contributed by atoms with Crippen LogP contribution < -0.4 is 5.32 Å². The van der Waals surface area contributed by atoms with Gasteiger partial charge in [0, 0.05) is 18.1 Å². The Balaban J connectivity index is 1.84. The van der Waals surface area contributed by atoms with Crippen LogP contribution in [0, 0.1) is 6.92 Å². The normalized spacial score (nSPS) is 11.5. The first kappa shape index (κ1) is 17.0. The minimum atomic E-state index is -0.513. The van der Waals surface area contributed by atoms with Crippen LogP contribution in [0.25, 0.3) is 16.6 Å². The summed E-state index contributed by atoms with van der Waals surface area (Å²) in [6.07, 6.45) is 1.57. The maximum absolute atomic E-state index is 11.9. The fourth-order valence-corrected chi connectivity index (χ4v) is 2.61. The summed E-state index contributed by atoms with van der Waals surface area (Å²) in [5.41, 5.74) is 3.53. The van der Waals surface area contributed by atoms with E-state index in [1.54, 1.807) is 0 Å². The molecule has 130 valence electrons. The Morgan fingerprint density at radius 3 is 2.72 bits per heavy atom. The van der Waals surface area contributed by atoms with Crippen molar-refractivity contribution in [2.24, 2.45) is 0 Å². The quantitative estimate of drug-likeness (QED) is 0.772. The number of rotatable bonds is 3. The number of alkyl carbamates (subject to hydrolysis) is 1. The third-order valence-corrected chi connectivity index (χ3v) is 3.72. The molecule has 0 fully saturated rings. The van der Waals surface area contributed by atoms with Gasteiger partial charge in [-0.1, -0.05) is 30.3 Å². The number of aryl methyl sites for hydroxylation is 1. The zero-order valence-corrected chi connectivity index (χ0v) is 15.0. The molecular weight excluding hydrogens is 314 g/mol. The number of carbonyl (C=O) groups excluding carboxylic acids is 1. The molecule has 0 atom stereocenters. The summed E-state index contributed by atoms with van der Waals surface area (Å²) in [7, 11) is 0. The lowest BCUT2D eigenvalue weighted by Crippen LogP contribution is -2.32. The van der Waals surface area contributed by atoms with Gasteiger partial charge in [-0.05, 0) is 51.0 Å². The van der Waals surface area contributed by atoms with Crippen LogP contribution in [-0.2, 0) is 11.3 Å². The van der Waals surface area contributed by atoms with Gasteiger partial charge in [0.15, 0.2) is 0 Å². The maximum atomic E-state index is 11.9. The van der Waals surface area contributed by atoms with Crippen molar-refractivity contribution in [1.82, 2.24) is 15.1 Å². The topological polar surface area (TPSA) is 56.2 Å². The second-order valence-corrected chi connectivity index (χ2v) is 7.12. The van der Waals surface area contributed by atoms with E-state index in [9.17, 15) is 4.79 Å². The molecule has 2 aromatic carbocycles. The summed E-state index contributed by atoms with van der Waals surface area (Å²) < 4.78 is 7.15. The number of nitrogens with zero attached hydrogens (tertiary/aromatic N) is 2. The third-order valence-electron chi connectivity index (χ3n) is 3.72. The van der Waals surface area contributed by atoms with Crippen molar-refractivity contribution in [1.29, 1.82) is 0 Å². The zero-order valence-electron chi connectivity index (χ0n) is 15.0. The van der Waals surface area contributed by atoms with Crippen molar-refractivity contribution in [2.45, 2.75) is 39.8 Å². The van der Waals surface area contributed by atoms with Gasteiger partial charge in [-0.25, -0.2) is 9.48 Å². The van der Waals surface area contributed by atoms with E-state index in [1.165, 1.54) is 5.56 Å². The molecule has 0 aliphatic heterocycles. The van der Waals surface area contributed by atoms with Crippen molar-refractivity contribution < 1.29 is 9.53 Å². The van der Waals surface area contributed by atoms with E-state index in [0.717, 1.165) is 22.2 Å². The average molecular weight is 337 g/mol. The molecule has 1 N–H and O–H groups in total. The number of fused-ring (bicyclic) bond motifs is 1. The van der Waals surface area contributed by atoms with Crippen molar-refractivity contribution in [2.75, 3.05) is 0 Å². The largest absolute Gasteiger partial charge is 0.444 e. The van der Waals surface area contributed by atoms with E-state index >= 15 is 0 Å². The highest BCUT2D eigenvalue weighted by Gasteiger charge is 2.16.